The molecule has 1 saturated heterocycles. The Morgan fingerprint density at radius 3 is 2.42 bits per heavy atom. The van der Waals surface area contributed by atoms with Crippen LogP contribution in [-0.4, -0.2) is 47.8 Å². The van der Waals surface area contributed by atoms with Gasteiger partial charge in [0, 0.05) is 49.0 Å². The number of carbonyl (C=O) groups is 2. The monoisotopic (exact) mass is 437 g/mol. The molecular weight excluding hydrogens is 414 g/mol. The van der Waals surface area contributed by atoms with E-state index in [-0.39, 0.29) is 17.6 Å². The Morgan fingerprint density at radius 2 is 1.71 bits per heavy atom. The molecule has 0 bridgehead atoms. The van der Waals surface area contributed by atoms with Crippen LogP contribution < -0.4 is 5.32 Å². The van der Waals surface area contributed by atoms with E-state index in [0.29, 0.717) is 17.8 Å². The topological polar surface area (TPSA) is 65.8 Å². The third-order valence-corrected chi connectivity index (χ3v) is 5.58. The van der Waals surface area contributed by atoms with Crippen LogP contribution in [0.3, 0.4) is 0 Å². The second-order valence-corrected chi connectivity index (χ2v) is 7.99. The third kappa shape index (κ3) is 5.54. The largest absolute Gasteiger partial charge is 0.459 e. The van der Waals surface area contributed by atoms with Gasteiger partial charge >= 0.3 is 0 Å². The van der Waals surface area contributed by atoms with Crippen molar-refractivity contribution < 1.29 is 14.0 Å². The van der Waals surface area contributed by atoms with Gasteiger partial charge in [-0.1, -0.05) is 23.7 Å². The minimum absolute atomic E-state index is 0.0113. The fourth-order valence-corrected chi connectivity index (χ4v) is 3.79. The van der Waals surface area contributed by atoms with Crippen molar-refractivity contribution in [3.63, 3.8) is 0 Å². The lowest BCUT2D eigenvalue weighted by Crippen LogP contribution is -2.35. The molecule has 0 spiro atoms. The number of rotatable bonds is 5. The molecule has 1 aromatic heterocycles. The molecule has 1 aliphatic heterocycles. The molecule has 160 valence electrons. The van der Waals surface area contributed by atoms with E-state index in [1.807, 2.05) is 29.2 Å². The molecule has 2 heterocycles. The highest BCUT2D eigenvalue weighted by Gasteiger charge is 2.20. The lowest BCUT2D eigenvalue weighted by molar-refractivity contribution is 0.0761. The summed E-state index contributed by atoms with van der Waals surface area (Å²) in [4.78, 5) is 29.3. The SMILES string of the molecule is O=C(Nc1ccc(C(=O)N2CCCN(Cc3ccc(Cl)cc3)CC2)cc1)c1ccco1. The number of nitrogens with zero attached hydrogens (tertiary/aromatic N) is 2. The molecule has 2 amide bonds. The number of anilines is 1. The molecule has 0 radical (unpaired) electrons. The molecule has 7 heteroatoms. The summed E-state index contributed by atoms with van der Waals surface area (Å²) >= 11 is 5.97. The molecular formula is C24H24ClN3O3. The first-order chi connectivity index (χ1) is 15.1. The summed E-state index contributed by atoms with van der Waals surface area (Å²) in [6, 6.07) is 18.1. The Hall–Kier alpha value is -3.09. The number of amides is 2. The molecule has 0 atom stereocenters. The fraction of sp³-hybridized carbons (Fsp3) is 0.250. The van der Waals surface area contributed by atoms with Crippen LogP contribution in [0.4, 0.5) is 5.69 Å². The summed E-state index contributed by atoms with van der Waals surface area (Å²) in [5.74, 6) is -0.0671. The number of carbonyl (C=O) groups excluding carboxylic acids is 2. The van der Waals surface area contributed by atoms with Gasteiger partial charge in [-0.05, 0) is 60.5 Å². The van der Waals surface area contributed by atoms with Crippen LogP contribution >= 0.6 is 11.6 Å². The van der Waals surface area contributed by atoms with Crippen LogP contribution in [0.2, 0.25) is 5.02 Å². The van der Waals surface area contributed by atoms with Crippen LogP contribution in [0.5, 0.6) is 0 Å². The van der Waals surface area contributed by atoms with Crippen LogP contribution in [0.1, 0.15) is 32.9 Å². The highest BCUT2D eigenvalue weighted by molar-refractivity contribution is 6.30. The smallest absolute Gasteiger partial charge is 0.291 e. The molecule has 6 nitrogen and oxygen atoms in total. The molecule has 1 fully saturated rings. The average molecular weight is 438 g/mol. The molecule has 3 aromatic rings. The van der Waals surface area contributed by atoms with Gasteiger partial charge in [0.15, 0.2) is 5.76 Å². The summed E-state index contributed by atoms with van der Waals surface area (Å²) in [5, 5.41) is 3.50. The van der Waals surface area contributed by atoms with Gasteiger partial charge in [-0.2, -0.15) is 0 Å². The Morgan fingerprint density at radius 1 is 0.935 bits per heavy atom. The molecule has 0 saturated carbocycles. The standard InChI is InChI=1S/C24H24ClN3O3/c25-20-8-4-18(5-9-20)17-27-12-2-13-28(15-14-27)24(30)19-6-10-21(11-7-19)26-23(29)22-3-1-16-31-22/h1,3-11,16H,2,12-15,17H2,(H,26,29). The van der Waals surface area contributed by atoms with E-state index < -0.39 is 0 Å². The van der Waals surface area contributed by atoms with E-state index in [0.717, 1.165) is 37.6 Å². The molecule has 0 unspecified atom stereocenters. The second kappa shape index (κ2) is 9.81. The predicted molar refractivity (Wildman–Crippen MR) is 120 cm³/mol. The Labute approximate surface area is 186 Å². The number of halogens is 1. The van der Waals surface area contributed by atoms with Gasteiger partial charge in [0.25, 0.3) is 11.8 Å². The summed E-state index contributed by atoms with van der Waals surface area (Å²) in [6.07, 6.45) is 2.38. The minimum Gasteiger partial charge on any atom is -0.459 e. The molecule has 31 heavy (non-hydrogen) atoms. The van der Waals surface area contributed by atoms with Crippen LogP contribution in [0.25, 0.3) is 0 Å². The van der Waals surface area contributed by atoms with E-state index >= 15 is 0 Å². The van der Waals surface area contributed by atoms with Crippen molar-refractivity contribution in [1.29, 1.82) is 0 Å². The average Bonchev–Trinajstić information content (AvgIpc) is 3.23. The maximum atomic E-state index is 13.0. The Balaban J connectivity index is 1.32. The quantitative estimate of drug-likeness (QED) is 0.636. The van der Waals surface area contributed by atoms with E-state index in [2.05, 4.69) is 10.2 Å². The number of furan rings is 1. The van der Waals surface area contributed by atoms with Crippen LogP contribution in [0, 0.1) is 0 Å². The number of hydrogen-bond acceptors (Lipinski definition) is 4. The number of benzene rings is 2. The zero-order valence-corrected chi connectivity index (χ0v) is 17.8. The van der Waals surface area contributed by atoms with Crippen LogP contribution in [0.15, 0.2) is 71.3 Å². The van der Waals surface area contributed by atoms with Crippen molar-refractivity contribution >= 4 is 29.1 Å². The van der Waals surface area contributed by atoms with Crippen molar-refractivity contribution in [3.05, 3.63) is 88.8 Å². The van der Waals surface area contributed by atoms with E-state index in [4.69, 9.17) is 16.0 Å². The maximum absolute atomic E-state index is 13.0. The van der Waals surface area contributed by atoms with Crippen molar-refractivity contribution in [1.82, 2.24) is 9.80 Å². The zero-order chi connectivity index (χ0) is 21.6. The van der Waals surface area contributed by atoms with Gasteiger partial charge in [-0.25, -0.2) is 0 Å². The van der Waals surface area contributed by atoms with Gasteiger partial charge in [0.1, 0.15) is 0 Å². The van der Waals surface area contributed by atoms with E-state index in [1.54, 1.807) is 36.4 Å². The summed E-state index contributed by atoms with van der Waals surface area (Å²) in [7, 11) is 0. The molecule has 2 aromatic carbocycles. The lowest BCUT2D eigenvalue weighted by Gasteiger charge is -2.22. The van der Waals surface area contributed by atoms with Crippen molar-refractivity contribution in [3.8, 4) is 0 Å². The molecule has 1 aliphatic rings. The fourth-order valence-electron chi connectivity index (χ4n) is 3.66. The van der Waals surface area contributed by atoms with Crippen molar-refractivity contribution in [2.45, 2.75) is 13.0 Å². The normalized spacial score (nSPS) is 14.8. The maximum Gasteiger partial charge on any atom is 0.291 e. The van der Waals surface area contributed by atoms with Gasteiger partial charge in [-0.3, -0.25) is 14.5 Å². The number of hydrogen-bond donors (Lipinski definition) is 1. The van der Waals surface area contributed by atoms with E-state index in [1.165, 1.54) is 11.8 Å². The predicted octanol–water partition coefficient (Wildman–Crippen LogP) is 4.53. The molecule has 1 N–H and O–H groups in total. The van der Waals surface area contributed by atoms with E-state index in [9.17, 15) is 9.59 Å². The minimum atomic E-state index is -0.322. The van der Waals surface area contributed by atoms with Crippen LogP contribution in [-0.2, 0) is 6.54 Å². The van der Waals surface area contributed by atoms with Crippen molar-refractivity contribution in [2.24, 2.45) is 0 Å². The lowest BCUT2D eigenvalue weighted by atomic mass is 10.1. The van der Waals surface area contributed by atoms with Gasteiger partial charge < -0.3 is 14.6 Å². The van der Waals surface area contributed by atoms with Gasteiger partial charge in [-0.15, -0.1) is 0 Å². The second-order valence-electron chi connectivity index (χ2n) is 7.56. The highest BCUT2D eigenvalue weighted by Crippen LogP contribution is 2.16. The van der Waals surface area contributed by atoms with Gasteiger partial charge in [0.05, 0.1) is 6.26 Å². The van der Waals surface area contributed by atoms with Gasteiger partial charge in [0.2, 0.25) is 0 Å². The first-order valence-electron chi connectivity index (χ1n) is 10.3. The molecule has 4 rings (SSSR count). The molecule has 0 aliphatic carbocycles. The zero-order valence-electron chi connectivity index (χ0n) is 17.1. The summed E-state index contributed by atoms with van der Waals surface area (Å²) in [5.41, 5.74) is 2.45. The first kappa shape index (κ1) is 21.2. The van der Waals surface area contributed by atoms with Crippen molar-refractivity contribution in [2.75, 3.05) is 31.5 Å². The summed E-state index contributed by atoms with van der Waals surface area (Å²) in [6.45, 7) is 4.04. The summed E-state index contributed by atoms with van der Waals surface area (Å²) < 4.78 is 5.09. The Bertz CT molecular complexity index is 1020. The third-order valence-electron chi connectivity index (χ3n) is 5.33. The Kier molecular flexibility index (Phi) is 6.70. The number of nitrogens with one attached hydrogen (secondary N) is 1. The first-order valence-corrected chi connectivity index (χ1v) is 10.7. The highest BCUT2D eigenvalue weighted by atomic mass is 35.5.